The minimum Gasteiger partial charge on any atom is -0.361 e. The van der Waals surface area contributed by atoms with Gasteiger partial charge in [-0.2, -0.15) is 0 Å². The third-order valence-corrected chi connectivity index (χ3v) is 7.26. The van der Waals surface area contributed by atoms with Crippen molar-refractivity contribution in [1.82, 2.24) is 20.0 Å². The zero-order valence-electron chi connectivity index (χ0n) is 19.9. The Morgan fingerprint density at radius 2 is 1.94 bits per heavy atom. The Balaban J connectivity index is 1.39. The maximum Gasteiger partial charge on any atom is 0.259 e. The van der Waals surface area contributed by atoms with E-state index >= 15 is 0 Å². The molecule has 4 heterocycles. The van der Waals surface area contributed by atoms with Crippen LogP contribution in [-0.4, -0.2) is 52.1 Å². The lowest BCUT2D eigenvalue weighted by molar-refractivity contribution is 0.0701. The van der Waals surface area contributed by atoms with Crippen molar-refractivity contribution in [2.75, 3.05) is 31.1 Å². The molecular weight excluding hydrogens is 402 g/mol. The van der Waals surface area contributed by atoms with Crippen LogP contribution in [0.2, 0.25) is 0 Å². The van der Waals surface area contributed by atoms with Crippen LogP contribution in [0.4, 0.5) is 5.82 Å². The third-order valence-electron chi connectivity index (χ3n) is 7.26. The Hall–Kier alpha value is -2.44. The Bertz CT molecular complexity index is 1010. The number of hydrogen-bond acceptors (Lipinski definition) is 6. The first-order chi connectivity index (χ1) is 15.4. The minimum absolute atomic E-state index is 0.0298. The molecule has 172 valence electrons. The van der Waals surface area contributed by atoms with Gasteiger partial charge in [-0.25, -0.2) is 9.97 Å². The van der Waals surface area contributed by atoms with Crippen molar-refractivity contribution in [3.63, 3.8) is 0 Å². The quantitative estimate of drug-likeness (QED) is 0.691. The van der Waals surface area contributed by atoms with Crippen LogP contribution in [0.25, 0.3) is 0 Å². The topological polar surface area (TPSA) is 75.4 Å². The number of rotatable bonds is 5. The first kappa shape index (κ1) is 21.4. The molecule has 0 radical (unpaired) electrons. The fourth-order valence-corrected chi connectivity index (χ4v) is 5.26. The summed E-state index contributed by atoms with van der Waals surface area (Å²) in [5.74, 6) is 3.86. The van der Waals surface area contributed by atoms with E-state index < -0.39 is 0 Å². The summed E-state index contributed by atoms with van der Waals surface area (Å²) < 4.78 is 5.38. The molecule has 2 aromatic rings. The fraction of sp³-hybridized carbons (Fsp3) is 0.680. The van der Waals surface area contributed by atoms with Crippen LogP contribution in [0, 0.1) is 19.8 Å². The van der Waals surface area contributed by atoms with E-state index in [1.54, 1.807) is 0 Å². The van der Waals surface area contributed by atoms with E-state index in [2.05, 4.69) is 17.0 Å². The summed E-state index contributed by atoms with van der Waals surface area (Å²) in [5, 5.41) is 4.15. The maximum absolute atomic E-state index is 13.4. The third kappa shape index (κ3) is 4.02. The number of likely N-dealkylation sites (tertiary alicyclic amines) is 1. The number of carbonyl (C=O) groups is 1. The van der Waals surface area contributed by atoms with E-state index in [0.717, 1.165) is 67.8 Å². The first-order valence-corrected chi connectivity index (χ1v) is 12.3. The molecule has 0 aromatic carbocycles. The SMILES string of the molecule is Cc1nc(C2CCCN(C(=O)c3c(C(C)C)noc3C)C2)nc2c1CCCN2CC1CC1. The number of amides is 1. The van der Waals surface area contributed by atoms with Crippen LogP contribution in [0.15, 0.2) is 4.52 Å². The highest BCUT2D eigenvalue weighted by molar-refractivity contribution is 5.96. The van der Waals surface area contributed by atoms with Gasteiger partial charge in [-0.15, -0.1) is 0 Å². The average molecular weight is 438 g/mol. The van der Waals surface area contributed by atoms with Crippen LogP contribution in [0.3, 0.4) is 0 Å². The van der Waals surface area contributed by atoms with E-state index in [0.29, 0.717) is 17.9 Å². The zero-order valence-corrected chi connectivity index (χ0v) is 19.9. The minimum atomic E-state index is 0.0298. The molecule has 1 atom stereocenters. The van der Waals surface area contributed by atoms with Crippen molar-refractivity contribution < 1.29 is 9.32 Å². The lowest BCUT2D eigenvalue weighted by Crippen LogP contribution is -2.40. The summed E-state index contributed by atoms with van der Waals surface area (Å²) in [6, 6.07) is 0. The van der Waals surface area contributed by atoms with E-state index in [1.807, 2.05) is 25.7 Å². The molecular formula is C25H35N5O2. The highest BCUT2D eigenvalue weighted by Crippen LogP contribution is 2.36. The van der Waals surface area contributed by atoms with Gasteiger partial charge in [-0.3, -0.25) is 4.79 Å². The lowest BCUT2D eigenvalue weighted by Gasteiger charge is -2.34. The Labute approximate surface area is 190 Å². The molecule has 0 bridgehead atoms. The summed E-state index contributed by atoms with van der Waals surface area (Å²) in [4.78, 5) is 28.0. The fourth-order valence-electron chi connectivity index (χ4n) is 5.26. The van der Waals surface area contributed by atoms with Crippen molar-refractivity contribution in [2.24, 2.45) is 5.92 Å². The smallest absolute Gasteiger partial charge is 0.259 e. The predicted octanol–water partition coefficient (Wildman–Crippen LogP) is 4.39. The Morgan fingerprint density at radius 1 is 1.12 bits per heavy atom. The van der Waals surface area contributed by atoms with E-state index in [-0.39, 0.29) is 17.7 Å². The first-order valence-electron chi connectivity index (χ1n) is 12.3. The van der Waals surface area contributed by atoms with Gasteiger partial charge in [0.05, 0.1) is 5.69 Å². The summed E-state index contributed by atoms with van der Waals surface area (Å²) in [6.07, 6.45) is 6.94. The molecule has 7 nitrogen and oxygen atoms in total. The Morgan fingerprint density at radius 3 is 2.69 bits per heavy atom. The molecule has 1 aliphatic carbocycles. The molecule has 3 aliphatic rings. The second kappa shape index (κ2) is 8.49. The number of fused-ring (bicyclic) bond motifs is 1. The molecule has 0 spiro atoms. The molecule has 7 heteroatoms. The average Bonchev–Trinajstić information content (AvgIpc) is 3.52. The predicted molar refractivity (Wildman–Crippen MR) is 123 cm³/mol. The highest BCUT2D eigenvalue weighted by atomic mass is 16.5. The van der Waals surface area contributed by atoms with Crippen LogP contribution < -0.4 is 4.90 Å². The van der Waals surface area contributed by atoms with Gasteiger partial charge in [0.2, 0.25) is 0 Å². The summed E-state index contributed by atoms with van der Waals surface area (Å²) in [5.41, 5.74) is 3.84. The number of anilines is 1. The highest BCUT2D eigenvalue weighted by Gasteiger charge is 2.33. The molecule has 2 fully saturated rings. The number of aryl methyl sites for hydroxylation is 2. The number of hydrogen-bond donors (Lipinski definition) is 0. The van der Waals surface area contributed by atoms with E-state index in [1.165, 1.54) is 24.8 Å². The number of nitrogens with zero attached hydrogens (tertiary/aromatic N) is 5. The normalized spacial score (nSPS) is 21.2. The summed E-state index contributed by atoms with van der Waals surface area (Å²) in [7, 11) is 0. The largest absolute Gasteiger partial charge is 0.361 e. The van der Waals surface area contributed by atoms with E-state index in [9.17, 15) is 4.79 Å². The van der Waals surface area contributed by atoms with Gasteiger partial charge in [-0.05, 0) is 64.2 Å². The molecule has 1 amide bonds. The van der Waals surface area contributed by atoms with Gasteiger partial charge in [0.25, 0.3) is 5.91 Å². The number of piperidine rings is 1. The molecule has 2 aromatic heterocycles. The van der Waals surface area contributed by atoms with Crippen molar-refractivity contribution >= 4 is 11.7 Å². The van der Waals surface area contributed by atoms with Gasteiger partial charge in [-0.1, -0.05) is 19.0 Å². The van der Waals surface area contributed by atoms with E-state index in [4.69, 9.17) is 14.5 Å². The van der Waals surface area contributed by atoms with Gasteiger partial charge in [0.1, 0.15) is 23.0 Å². The second-order valence-corrected chi connectivity index (χ2v) is 10.2. The lowest BCUT2D eigenvalue weighted by atomic mass is 9.94. The van der Waals surface area contributed by atoms with Crippen LogP contribution >= 0.6 is 0 Å². The molecule has 1 saturated carbocycles. The molecule has 5 rings (SSSR count). The molecule has 0 N–H and O–H groups in total. The second-order valence-electron chi connectivity index (χ2n) is 10.2. The van der Waals surface area contributed by atoms with Gasteiger partial charge < -0.3 is 14.3 Å². The van der Waals surface area contributed by atoms with Crippen LogP contribution in [0.5, 0.6) is 0 Å². The molecule has 32 heavy (non-hydrogen) atoms. The van der Waals surface area contributed by atoms with Crippen molar-refractivity contribution in [3.05, 3.63) is 34.1 Å². The maximum atomic E-state index is 13.4. The molecule has 1 unspecified atom stereocenters. The van der Waals surface area contributed by atoms with Crippen molar-refractivity contribution in [2.45, 2.75) is 78.1 Å². The molecule has 2 aliphatic heterocycles. The molecule has 1 saturated heterocycles. The number of carbonyl (C=O) groups excluding carboxylic acids is 1. The van der Waals surface area contributed by atoms with Gasteiger partial charge in [0, 0.05) is 43.4 Å². The van der Waals surface area contributed by atoms with Crippen molar-refractivity contribution in [3.8, 4) is 0 Å². The van der Waals surface area contributed by atoms with Gasteiger partial charge >= 0.3 is 0 Å². The Kier molecular flexibility index (Phi) is 5.68. The monoisotopic (exact) mass is 437 g/mol. The standard InChI is InChI=1S/C25H35N5O2/c1-15(2)22-21(17(4)32-28-22)25(31)30-12-5-7-19(14-30)23-26-16(3)20-8-6-11-29(24(20)27-23)13-18-9-10-18/h15,18-19H,5-14H2,1-4H3. The summed E-state index contributed by atoms with van der Waals surface area (Å²) >= 11 is 0. The summed E-state index contributed by atoms with van der Waals surface area (Å²) in [6.45, 7) is 11.7. The zero-order chi connectivity index (χ0) is 22.4. The van der Waals surface area contributed by atoms with Crippen LogP contribution in [0.1, 0.15) is 96.7 Å². The van der Waals surface area contributed by atoms with Crippen molar-refractivity contribution in [1.29, 1.82) is 0 Å². The number of aromatic nitrogens is 3. The van der Waals surface area contributed by atoms with Gasteiger partial charge in [0.15, 0.2) is 0 Å². The van der Waals surface area contributed by atoms with Crippen LogP contribution in [-0.2, 0) is 6.42 Å².